The molecule has 0 bridgehead atoms. The second kappa shape index (κ2) is 13.4. The molecule has 0 spiro atoms. The molecule has 1 saturated heterocycles. The quantitative estimate of drug-likeness (QED) is 0.285. The van der Waals surface area contributed by atoms with Gasteiger partial charge in [0.15, 0.2) is 0 Å². The number of aliphatic carboxylic acids is 1. The molecule has 0 aliphatic carbocycles. The summed E-state index contributed by atoms with van der Waals surface area (Å²) in [7, 11) is 0. The average molecular weight is 455 g/mol. The molecule has 1 heterocycles. The summed E-state index contributed by atoms with van der Waals surface area (Å²) in [5.74, 6) is -2.23. The van der Waals surface area contributed by atoms with E-state index in [-0.39, 0.29) is 29.7 Å². The topological polar surface area (TPSA) is 137 Å². The van der Waals surface area contributed by atoms with Crippen molar-refractivity contribution in [2.75, 3.05) is 6.54 Å². The van der Waals surface area contributed by atoms with Gasteiger partial charge in [-0.15, -0.1) is 0 Å². The predicted octanol–water partition coefficient (Wildman–Crippen LogP) is 1.42. The number of amides is 3. The number of hydrogen-bond acceptors (Lipinski definition) is 5. The van der Waals surface area contributed by atoms with Gasteiger partial charge < -0.3 is 26.4 Å². The summed E-state index contributed by atoms with van der Waals surface area (Å²) in [6, 6.07) is -2.99. The third-order valence-corrected chi connectivity index (χ3v) is 5.83. The minimum Gasteiger partial charge on any atom is -0.480 e. The Bertz CT molecular complexity index is 646. The molecule has 5 N–H and O–H groups in total. The van der Waals surface area contributed by atoms with Crippen LogP contribution in [0.25, 0.3) is 0 Å². The van der Waals surface area contributed by atoms with Crippen molar-refractivity contribution in [3.63, 3.8) is 0 Å². The number of nitrogens with one attached hydrogen (secondary N) is 4. The van der Waals surface area contributed by atoms with Gasteiger partial charge in [0.25, 0.3) is 0 Å². The molecular formula is C23H42N4O5. The average Bonchev–Trinajstić information content (AvgIpc) is 3.24. The highest BCUT2D eigenvalue weighted by molar-refractivity contribution is 5.94. The summed E-state index contributed by atoms with van der Waals surface area (Å²) in [4.78, 5) is 50.2. The van der Waals surface area contributed by atoms with Crippen molar-refractivity contribution < 1.29 is 24.3 Å². The van der Waals surface area contributed by atoms with E-state index in [0.717, 1.165) is 19.4 Å². The fourth-order valence-corrected chi connectivity index (χ4v) is 3.79. The van der Waals surface area contributed by atoms with Gasteiger partial charge in [0.2, 0.25) is 17.7 Å². The smallest absolute Gasteiger partial charge is 0.326 e. The van der Waals surface area contributed by atoms with Crippen LogP contribution in [-0.4, -0.2) is 59.5 Å². The fourth-order valence-electron chi connectivity index (χ4n) is 3.79. The van der Waals surface area contributed by atoms with Crippen molar-refractivity contribution in [2.24, 2.45) is 17.8 Å². The molecule has 3 amide bonds. The van der Waals surface area contributed by atoms with Crippen LogP contribution in [0.15, 0.2) is 0 Å². The molecule has 1 rings (SSSR count). The Balaban J connectivity index is 2.94. The van der Waals surface area contributed by atoms with Crippen LogP contribution >= 0.6 is 0 Å². The first-order chi connectivity index (χ1) is 15.0. The highest BCUT2D eigenvalue weighted by Gasteiger charge is 2.33. The predicted molar refractivity (Wildman–Crippen MR) is 123 cm³/mol. The van der Waals surface area contributed by atoms with E-state index >= 15 is 0 Å². The minimum absolute atomic E-state index is 0.0860. The highest BCUT2D eigenvalue weighted by Crippen LogP contribution is 2.13. The van der Waals surface area contributed by atoms with Gasteiger partial charge in [-0.05, 0) is 50.0 Å². The molecule has 9 heteroatoms. The molecule has 1 aliphatic heterocycles. The third-order valence-electron chi connectivity index (χ3n) is 5.83. The maximum absolute atomic E-state index is 13.1. The molecule has 0 aromatic rings. The Labute approximate surface area is 191 Å². The van der Waals surface area contributed by atoms with E-state index in [2.05, 4.69) is 21.3 Å². The van der Waals surface area contributed by atoms with Crippen LogP contribution in [0.4, 0.5) is 0 Å². The number of carbonyl (C=O) groups excluding carboxylic acids is 3. The second-order valence-electron chi connectivity index (χ2n) is 9.74. The second-order valence-corrected chi connectivity index (χ2v) is 9.74. The summed E-state index contributed by atoms with van der Waals surface area (Å²) < 4.78 is 0. The first kappa shape index (κ1) is 27.9. The summed E-state index contributed by atoms with van der Waals surface area (Å²) >= 11 is 0. The van der Waals surface area contributed by atoms with Gasteiger partial charge in [-0.25, -0.2) is 4.79 Å². The van der Waals surface area contributed by atoms with E-state index in [0.29, 0.717) is 19.3 Å². The van der Waals surface area contributed by atoms with Crippen molar-refractivity contribution in [2.45, 2.75) is 97.8 Å². The van der Waals surface area contributed by atoms with Gasteiger partial charge in [0, 0.05) is 0 Å². The Morgan fingerprint density at radius 2 is 1.50 bits per heavy atom. The van der Waals surface area contributed by atoms with Crippen LogP contribution in [0.3, 0.4) is 0 Å². The number of carboxylic acid groups (broad SMARTS) is 1. The molecule has 9 nitrogen and oxygen atoms in total. The summed E-state index contributed by atoms with van der Waals surface area (Å²) in [6.07, 6.45) is 2.99. The maximum Gasteiger partial charge on any atom is 0.326 e. The summed E-state index contributed by atoms with van der Waals surface area (Å²) in [5, 5.41) is 20.8. The number of rotatable bonds is 13. The van der Waals surface area contributed by atoms with Crippen molar-refractivity contribution in [1.82, 2.24) is 21.3 Å². The molecule has 5 unspecified atom stereocenters. The highest BCUT2D eigenvalue weighted by atomic mass is 16.4. The van der Waals surface area contributed by atoms with Crippen molar-refractivity contribution in [1.29, 1.82) is 0 Å². The molecule has 1 fully saturated rings. The summed E-state index contributed by atoms with van der Waals surface area (Å²) in [6.45, 7) is 12.2. The zero-order valence-electron chi connectivity index (χ0n) is 20.4. The van der Waals surface area contributed by atoms with Gasteiger partial charge >= 0.3 is 5.97 Å². The van der Waals surface area contributed by atoms with E-state index in [4.69, 9.17) is 0 Å². The van der Waals surface area contributed by atoms with Crippen molar-refractivity contribution in [3.05, 3.63) is 0 Å². The lowest BCUT2D eigenvalue weighted by Crippen LogP contribution is -2.58. The largest absolute Gasteiger partial charge is 0.480 e. The minimum atomic E-state index is -1.10. The first-order valence-corrected chi connectivity index (χ1v) is 11.8. The first-order valence-electron chi connectivity index (χ1n) is 11.8. The molecule has 32 heavy (non-hydrogen) atoms. The van der Waals surface area contributed by atoms with Gasteiger partial charge in [0.1, 0.15) is 18.1 Å². The van der Waals surface area contributed by atoms with Crippen LogP contribution in [0.5, 0.6) is 0 Å². The number of hydrogen-bond donors (Lipinski definition) is 5. The molecule has 0 saturated carbocycles. The van der Waals surface area contributed by atoms with Gasteiger partial charge in [-0.3, -0.25) is 14.4 Å². The lowest BCUT2D eigenvalue weighted by Gasteiger charge is -2.29. The third kappa shape index (κ3) is 9.14. The molecule has 0 aromatic carbocycles. The van der Waals surface area contributed by atoms with Crippen molar-refractivity contribution in [3.8, 4) is 0 Å². The monoisotopic (exact) mass is 454 g/mol. The maximum atomic E-state index is 13.1. The van der Waals surface area contributed by atoms with Crippen LogP contribution in [0, 0.1) is 17.8 Å². The lowest BCUT2D eigenvalue weighted by atomic mass is 9.95. The normalized spacial score (nSPS) is 19.8. The summed E-state index contributed by atoms with van der Waals surface area (Å²) in [5.41, 5.74) is 0. The number of carbonyl (C=O) groups is 4. The van der Waals surface area contributed by atoms with E-state index in [9.17, 15) is 24.3 Å². The Morgan fingerprint density at radius 1 is 0.906 bits per heavy atom. The molecule has 1 aliphatic rings. The lowest BCUT2D eigenvalue weighted by molar-refractivity contribution is -0.143. The fraction of sp³-hybridized carbons (Fsp3) is 0.826. The standard InChI is InChI=1S/C23H42N4O5/c1-7-15(6)19(22(30)26-18(23(31)32)12-14(4)5)27-21(29)17(11-13(2)3)25-20(28)16-9-8-10-24-16/h13-19,24H,7-12H2,1-6H3,(H,25,28)(H,26,30)(H,27,29)(H,31,32). The van der Waals surface area contributed by atoms with E-state index in [1.807, 2.05) is 41.5 Å². The van der Waals surface area contributed by atoms with Gasteiger partial charge in [-0.2, -0.15) is 0 Å². The number of carboxylic acids is 1. The zero-order valence-corrected chi connectivity index (χ0v) is 20.4. The van der Waals surface area contributed by atoms with E-state index < -0.39 is 35.9 Å². The van der Waals surface area contributed by atoms with Crippen LogP contribution in [0.2, 0.25) is 0 Å². The van der Waals surface area contributed by atoms with Gasteiger partial charge in [-0.1, -0.05) is 48.0 Å². The Morgan fingerprint density at radius 3 is 1.97 bits per heavy atom. The molecular weight excluding hydrogens is 412 g/mol. The molecule has 5 atom stereocenters. The van der Waals surface area contributed by atoms with Crippen molar-refractivity contribution >= 4 is 23.7 Å². The molecule has 184 valence electrons. The zero-order chi connectivity index (χ0) is 24.4. The van der Waals surface area contributed by atoms with E-state index in [1.165, 1.54) is 0 Å². The van der Waals surface area contributed by atoms with E-state index in [1.54, 1.807) is 0 Å². The molecule has 0 radical (unpaired) electrons. The van der Waals surface area contributed by atoms with Gasteiger partial charge in [0.05, 0.1) is 6.04 Å². The SMILES string of the molecule is CCC(C)C(NC(=O)C(CC(C)C)NC(=O)C1CCCN1)C(=O)NC(CC(C)C)C(=O)O. The van der Waals surface area contributed by atoms with Crippen LogP contribution < -0.4 is 21.3 Å². The van der Waals surface area contributed by atoms with Crippen LogP contribution in [0.1, 0.15) is 73.6 Å². The Hall–Kier alpha value is -2.16. The van der Waals surface area contributed by atoms with Crippen LogP contribution in [-0.2, 0) is 19.2 Å². The molecule has 0 aromatic heterocycles. The Kier molecular flexibility index (Phi) is 11.7.